The highest BCUT2D eigenvalue weighted by Crippen LogP contribution is 2.37. The molecule has 2 amide bonds. The van der Waals surface area contributed by atoms with E-state index in [1.165, 1.54) is 19.1 Å². The van der Waals surface area contributed by atoms with Gasteiger partial charge in [-0.05, 0) is 42.5 Å². The Bertz CT molecular complexity index is 1060. The minimum Gasteiger partial charge on any atom is -0.326 e. The molecular weight excluding hydrogens is 449 g/mol. The van der Waals surface area contributed by atoms with Gasteiger partial charge in [0.05, 0.1) is 21.2 Å². The van der Waals surface area contributed by atoms with Crippen LogP contribution in [-0.2, 0) is 25.8 Å². The van der Waals surface area contributed by atoms with E-state index in [1.54, 1.807) is 5.43 Å². The zero-order valence-electron chi connectivity index (χ0n) is 15.3. The molecule has 2 aromatic rings. The topological polar surface area (TPSA) is 122 Å². The fourth-order valence-electron chi connectivity index (χ4n) is 2.40. The predicted octanol–water partition coefficient (Wildman–Crippen LogP) is 2.50. The molecule has 0 saturated carbocycles. The molecular formula is C17H16ClF3N4O4S. The van der Waals surface area contributed by atoms with Gasteiger partial charge in [-0.15, -0.1) is 0 Å². The molecule has 0 aliphatic carbocycles. The fourth-order valence-corrected chi connectivity index (χ4v) is 4.10. The average Bonchev–Trinajstić information content (AvgIpc) is 2.65. The number of halogens is 4. The summed E-state index contributed by atoms with van der Waals surface area (Å²) in [6, 6.07) is 6.89. The molecule has 0 spiro atoms. The number of carbonyl (C=O) groups is 2. The number of hydrogen-bond acceptors (Lipinski definition) is 5. The number of nitrogens with two attached hydrogens (primary N) is 1. The molecule has 8 nitrogen and oxygen atoms in total. The second kappa shape index (κ2) is 8.90. The van der Waals surface area contributed by atoms with Crippen LogP contribution in [0.25, 0.3) is 0 Å². The number of nitrogens with zero attached hydrogens (tertiary/aromatic N) is 1. The van der Waals surface area contributed by atoms with E-state index in [1.807, 2.05) is 0 Å². The number of hydrazine groups is 1. The van der Waals surface area contributed by atoms with Crippen molar-refractivity contribution in [2.75, 3.05) is 16.2 Å². The SMILES string of the molecule is CC(=O)Nc1ccc(S(=O)(=O)N(CC(=O)NN)c2cc(C(F)(F)F)ccc2Cl)cc1. The van der Waals surface area contributed by atoms with Gasteiger partial charge in [0.15, 0.2) is 0 Å². The van der Waals surface area contributed by atoms with Gasteiger partial charge in [0, 0.05) is 12.6 Å². The molecule has 0 radical (unpaired) electrons. The lowest BCUT2D eigenvalue weighted by Gasteiger charge is -2.25. The van der Waals surface area contributed by atoms with Gasteiger partial charge in [-0.1, -0.05) is 11.6 Å². The Balaban J connectivity index is 2.59. The van der Waals surface area contributed by atoms with Crippen LogP contribution in [0.2, 0.25) is 5.02 Å². The van der Waals surface area contributed by atoms with Crippen LogP contribution in [0.1, 0.15) is 12.5 Å². The second-order valence-corrected chi connectivity index (χ2v) is 8.22. The van der Waals surface area contributed by atoms with Crippen LogP contribution < -0.4 is 20.9 Å². The summed E-state index contributed by atoms with van der Waals surface area (Å²) in [7, 11) is -4.54. The van der Waals surface area contributed by atoms with Crippen LogP contribution >= 0.6 is 11.6 Å². The van der Waals surface area contributed by atoms with Crippen molar-refractivity contribution in [2.24, 2.45) is 5.84 Å². The van der Waals surface area contributed by atoms with Gasteiger partial charge < -0.3 is 5.32 Å². The van der Waals surface area contributed by atoms with Crippen LogP contribution in [0.4, 0.5) is 24.5 Å². The first kappa shape index (κ1) is 23.4. The van der Waals surface area contributed by atoms with Crippen molar-refractivity contribution in [3.05, 3.63) is 53.1 Å². The average molecular weight is 465 g/mol. The highest BCUT2D eigenvalue weighted by Gasteiger charge is 2.34. The van der Waals surface area contributed by atoms with Gasteiger partial charge in [-0.3, -0.25) is 19.3 Å². The van der Waals surface area contributed by atoms with Crippen LogP contribution in [-0.4, -0.2) is 26.8 Å². The van der Waals surface area contributed by atoms with Crippen molar-refractivity contribution in [3.63, 3.8) is 0 Å². The zero-order chi connectivity index (χ0) is 22.7. The highest BCUT2D eigenvalue weighted by atomic mass is 35.5. The standard InChI is InChI=1S/C17H16ClF3N4O4S/c1-10(26)23-12-3-5-13(6-4-12)30(28,29)25(9-16(27)24-22)15-8-11(17(19,20)21)2-7-14(15)18/h2-8H,9,22H2,1H3,(H,23,26)(H,24,27). The van der Waals surface area contributed by atoms with E-state index in [2.05, 4.69) is 5.32 Å². The van der Waals surface area contributed by atoms with Crippen LogP contribution in [0, 0.1) is 0 Å². The van der Waals surface area contributed by atoms with Crippen LogP contribution in [0.3, 0.4) is 0 Å². The molecule has 0 aliphatic rings. The normalized spacial score (nSPS) is 11.7. The molecule has 2 rings (SSSR count). The third-order valence-corrected chi connectivity index (χ3v) is 5.85. The third kappa shape index (κ3) is 5.40. The van der Waals surface area contributed by atoms with E-state index in [-0.39, 0.29) is 15.8 Å². The van der Waals surface area contributed by atoms with E-state index < -0.39 is 39.9 Å². The number of nitrogens with one attached hydrogen (secondary N) is 2. The lowest BCUT2D eigenvalue weighted by molar-refractivity contribution is -0.137. The monoisotopic (exact) mass is 464 g/mol. The summed E-state index contributed by atoms with van der Waals surface area (Å²) in [5.41, 5.74) is 0.311. The molecule has 2 aromatic carbocycles. The number of carbonyl (C=O) groups excluding carboxylic acids is 2. The molecule has 0 unspecified atom stereocenters. The maximum atomic E-state index is 13.1. The van der Waals surface area contributed by atoms with Crippen molar-refractivity contribution in [2.45, 2.75) is 18.0 Å². The summed E-state index contributed by atoms with van der Waals surface area (Å²) >= 11 is 5.96. The molecule has 0 fully saturated rings. The first-order valence-electron chi connectivity index (χ1n) is 8.13. The van der Waals surface area contributed by atoms with Crippen molar-refractivity contribution >= 4 is 44.8 Å². The summed E-state index contributed by atoms with van der Waals surface area (Å²) in [4.78, 5) is 22.5. The first-order chi connectivity index (χ1) is 13.9. The molecule has 0 bridgehead atoms. The van der Waals surface area contributed by atoms with E-state index in [4.69, 9.17) is 17.4 Å². The van der Waals surface area contributed by atoms with Gasteiger partial charge in [0.1, 0.15) is 6.54 Å². The molecule has 4 N–H and O–H groups in total. The smallest absolute Gasteiger partial charge is 0.326 e. The molecule has 0 heterocycles. The third-order valence-electron chi connectivity index (χ3n) is 3.75. The van der Waals surface area contributed by atoms with Crippen molar-refractivity contribution in [1.29, 1.82) is 0 Å². The Labute approximate surface area is 174 Å². The van der Waals surface area contributed by atoms with E-state index >= 15 is 0 Å². The Morgan fingerprint density at radius 2 is 1.73 bits per heavy atom. The van der Waals surface area contributed by atoms with Crippen molar-refractivity contribution in [1.82, 2.24) is 5.43 Å². The van der Waals surface area contributed by atoms with Crippen molar-refractivity contribution < 1.29 is 31.2 Å². The molecule has 0 saturated heterocycles. The minimum absolute atomic E-state index is 0.296. The molecule has 13 heteroatoms. The van der Waals surface area contributed by atoms with Gasteiger partial charge >= 0.3 is 6.18 Å². The lowest BCUT2D eigenvalue weighted by Crippen LogP contribution is -2.43. The molecule has 0 aliphatic heterocycles. The maximum Gasteiger partial charge on any atom is 0.416 e. The number of anilines is 2. The number of alkyl halides is 3. The van der Waals surface area contributed by atoms with Gasteiger partial charge in [0.2, 0.25) is 5.91 Å². The summed E-state index contributed by atoms with van der Waals surface area (Å²) in [5.74, 6) is 3.64. The minimum atomic E-state index is -4.77. The predicted molar refractivity (Wildman–Crippen MR) is 104 cm³/mol. The summed E-state index contributed by atoms with van der Waals surface area (Å²) in [6.07, 6.45) is -4.77. The maximum absolute atomic E-state index is 13.1. The van der Waals surface area contributed by atoms with Crippen LogP contribution in [0.15, 0.2) is 47.4 Å². The molecule has 0 aromatic heterocycles. The van der Waals surface area contributed by atoms with Gasteiger partial charge in [-0.2, -0.15) is 13.2 Å². The number of benzene rings is 2. The van der Waals surface area contributed by atoms with E-state index in [0.29, 0.717) is 22.1 Å². The van der Waals surface area contributed by atoms with Crippen molar-refractivity contribution in [3.8, 4) is 0 Å². The number of rotatable bonds is 6. The summed E-state index contributed by atoms with van der Waals surface area (Å²) < 4.78 is 66.0. The Kier molecular flexibility index (Phi) is 6.95. The first-order valence-corrected chi connectivity index (χ1v) is 9.94. The Hall–Kier alpha value is -2.83. The van der Waals surface area contributed by atoms with Gasteiger partial charge in [0.25, 0.3) is 15.9 Å². The Morgan fingerprint density at radius 1 is 1.13 bits per heavy atom. The Morgan fingerprint density at radius 3 is 2.23 bits per heavy atom. The number of sulfonamides is 1. The summed E-state index contributed by atoms with van der Waals surface area (Å²) in [6.45, 7) is 0.334. The number of hydrogen-bond donors (Lipinski definition) is 3. The largest absolute Gasteiger partial charge is 0.416 e. The van der Waals surface area contributed by atoms with Crippen LogP contribution in [0.5, 0.6) is 0 Å². The fraction of sp³-hybridized carbons (Fsp3) is 0.176. The molecule has 30 heavy (non-hydrogen) atoms. The summed E-state index contributed by atoms with van der Waals surface area (Å²) in [5, 5.41) is 2.12. The lowest BCUT2D eigenvalue weighted by atomic mass is 10.2. The zero-order valence-corrected chi connectivity index (χ0v) is 16.9. The second-order valence-electron chi connectivity index (χ2n) is 5.95. The molecule has 162 valence electrons. The van der Waals surface area contributed by atoms with E-state index in [0.717, 1.165) is 18.2 Å². The number of amides is 2. The molecule has 0 atom stereocenters. The highest BCUT2D eigenvalue weighted by molar-refractivity contribution is 7.92. The van der Waals surface area contributed by atoms with Gasteiger partial charge in [-0.25, -0.2) is 14.3 Å². The quantitative estimate of drug-likeness (QED) is 0.344. The van der Waals surface area contributed by atoms with E-state index in [9.17, 15) is 31.2 Å².